The van der Waals surface area contributed by atoms with E-state index in [1.54, 1.807) is 0 Å². The second-order valence-electron chi connectivity index (χ2n) is 8.60. The molecule has 3 aliphatic carbocycles. The highest BCUT2D eigenvalue weighted by Crippen LogP contribution is 2.63. The molecule has 19 heavy (non-hydrogen) atoms. The Bertz CT molecular complexity index is 348. The minimum Gasteiger partial charge on any atom is -0.393 e. The molecule has 6 atom stereocenters. The summed E-state index contributed by atoms with van der Waals surface area (Å²) in [4.78, 5) is 0. The van der Waals surface area contributed by atoms with Crippen molar-refractivity contribution in [3.8, 4) is 0 Å². The van der Waals surface area contributed by atoms with Gasteiger partial charge in [0.2, 0.25) is 0 Å². The van der Waals surface area contributed by atoms with Crippen LogP contribution < -0.4 is 0 Å². The number of aliphatic hydroxyl groups is 1. The Hall–Kier alpha value is -0.0400. The lowest BCUT2D eigenvalue weighted by Crippen LogP contribution is -2.55. The maximum absolute atomic E-state index is 10.8. The number of hydrogen-bond acceptors (Lipinski definition) is 1. The summed E-state index contributed by atoms with van der Waals surface area (Å²) in [5.41, 5.74) is 0.986. The monoisotopic (exact) mass is 264 g/mol. The Morgan fingerprint density at radius 1 is 1.05 bits per heavy atom. The van der Waals surface area contributed by atoms with Crippen LogP contribution in [0.3, 0.4) is 0 Å². The van der Waals surface area contributed by atoms with Crippen molar-refractivity contribution < 1.29 is 5.11 Å². The highest BCUT2D eigenvalue weighted by atomic mass is 16.3. The highest BCUT2D eigenvalue weighted by molar-refractivity contribution is 5.07. The van der Waals surface area contributed by atoms with E-state index in [-0.39, 0.29) is 6.10 Å². The van der Waals surface area contributed by atoms with Crippen molar-refractivity contribution in [3.63, 3.8) is 0 Å². The Morgan fingerprint density at radius 2 is 1.79 bits per heavy atom. The average molecular weight is 264 g/mol. The molecule has 0 radical (unpaired) electrons. The van der Waals surface area contributed by atoms with E-state index in [1.165, 1.54) is 38.5 Å². The van der Waals surface area contributed by atoms with Crippen molar-refractivity contribution in [2.75, 3.05) is 0 Å². The molecular weight excluding hydrogens is 232 g/mol. The first-order chi connectivity index (χ1) is 8.90. The molecule has 0 bridgehead atoms. The van der Waals surface area contributed by atoms with Gasteiger partial charge in [-0.25, -0.2) is 0 Å². The van der Waals surface area contributed by atoms with E-state index in [2.05, 4.69) is 27.7 Å². The van der Waals surface area contributed by atoms with E-state index in [0.717, 1.165) is 24.2 Å². The smallest absolute Gasteiger partial charge is 0.0576 e. The van der Waals surface area contributed by atoms with Crippen LogP contribution >= 0.6 is 0 Å². The first-order valence-corrected chi connectivity index (χ1v) is 8.58. The molecule has 0 aromatic carbocycles. The molecule has 0 aromatic heterocycles. The second-order valence-corrected chi connectivity index (χ2v) is 8.60. The zero-order valence-electron chi connectivity index (χ0n) is 13.3. The van der Waals surface area contributed by atoms with Crippen LogP contribution in [0.15, 0.2) is 0 Å². The summed E-state index contributed by atoms with van der Waals surface area (Å²) in [5, 5.41) is 10.8. The van der Waals surface area contributed by atoms with Gasteiger partial charge in [-0.1, -0.05) is 40.5 Å². The molecule has 0 aromatic rings. The Morgan fingerprint density at radius 3 is 2.47 bits per heavy atom. The first-order valence-electron chi connectivity index (χ1n) is 8.58. The molecule has 0 unspecified atom stereocenters. The molecule has 3 saturated carbocycles. The fourth-order valence-corrected chi connectivity index (χ4v) is 6.34. The van der Waals surface area contributed by atoms with E-state index in [0.29, 0.717) is 16.7 Å². The molecule has 3 rings (SSSR count). The predicted octanol–water partition coefficient (Wildman–Crippen LogP) is 4.64. The zero-order chi connectivity index (χ0) is 13.8. The minimum absolute atomic E-state index is 0.0225. The third kappa shape index (κ3) is 1.91. The van der Waals surface area contributed by atoms with Gasteiger partial charge in [-0.05, 0) is 66.6 Å². The van der Waals surface area contributed by atoms with E-state index in [1.807, 2.05) is 0 Å². The molecule has 1 N–H and O–H groups in total. The van der Waals surface area contributed by atoms with Crippen molar-refractivity contribution in [3.05, 3.63) is 0 Å². The molecule has 0 saturated heterocycles. The van der Waals surface area contributed by atoms with Crippen molar-refractivity contribution in [2.24, 2.45) is 34.5 Å². The molecular formula is C18H32O. The number of fused-ring (bicyclic) bond motifs is 3. The van der Waals surface area contributed by atoms with Gasteiger partial charge in [0.15, 0.2) is 0 Å². The maximum Gasteiger partial charge on any atom is 0.0576 e. The largest absolute Gasteiger partial charge is 0.393 e. The number of hydrogen-bond donors (Lipinski definition) is 1. The Labute approximate surface area is 119 Å². The fourth-order valence-electron chi connectivity index (χ4n) is 6.34. The standard InChI is InChI=1S/C18H32O/c1-5-12-11-15(19)16-13(17(12,2)3)8-10-18(4)9-6-7-14(16)18/h12-16,19H,5-11H2,1-4H3/t12-,13+,14+,15+,16-,18+/m1/s1. The van der Waals surface area contributed by atoms with Gasteiger partial charge < -0.3 is 5.11 Å². The molecule has 110 valence electrons. The first kappa shape index (κ1) is 13.9. The summed E-state index contributed by atoms with van der Waals surface area (Å²) in [6, 6.07) is 0. The topological polar surface area (TPSA) is 20.2 Å². The highest BCUT2D eigenvalue weighted by Gasteiger charge is 2.57. The van der Waals surface area contributed by atoms with E-state index >= 15 is 0 Å². The minimum atomic E-state index is -0.0225. The zero-order valence-corrected chi connectivity index (χ0v) is 13.3. The van der Waals surface area contributed by atoms with Gasteiger partial charge in [-0.3, -0.25) is 0 Å². The molecule has 3 aliphatic rings. The number of rotatable bonds is 1. The van der Waals surface area contributed by atoms with Crippen LogP contribution in [0, 0.1) is 34.5 Å². The van der Waals surface area contributed by atoms with Crippen LogP contribution in [0.4, 0.5) is 0 Å². The fraction of sp³-hybridized carbons (Fsp3) is 1.00. The van der Waals surface area contributed by atoms with Crippen LogP contribution in [0.5, 0.6) is 0 Å². The summed E-state index contributed by atoms with van der Waals surface area (Å²) in [6.45, 7) is 9.79. The molecule has 0 amide bonds. The van der Waals surface area contributed by atoms with Gasteiger partial charge in [0, 0.05) is 0 Å². The predicted molar refractivity (Wildman–Crippen MR) is 79.8 cm³/mol. The SMILES string of the molecule is CC[C@@H]1C[C@H](O)[C@@H]2[C@H](CC[C@]3(C)CCC[C@@H]23)C1(C)C. The quantitative estimate of drug-likeness (QED) is 0.731. The Balaban J connectivity index is 1.93. The molecule has 3 fully saturated rings. The molecule has 0 aliphatic heterocycles. The summed E-state index contributed by atoms with van der Waals surface area (Å²) < 4.78 is 0. The lowest BCUT2D eigenvalue weighted by atomic mass is 9.47. The van der Waals surface area contributed by atoms with E-state index in [4.69, 9.17) is 0 Å². The van der Waals surface area contributed by atoms with Gasteiger partial charge in [0.25, 0.3) is 0 Å². The van der Waals surface area contributed by atoms with Gasteiger partial charge in [0.05, 0.1) is 6.10 Å². The van der Waals surface area contributed by atoms with Crippen LogP contribution in [-0.2, 0) is 0 Å². The molecule has 1 heteroatoms. The van der Waals surface area contributed by atoms with Crippen LogP contribution in [0.2, 0.25) is 0 Å². The average Bonchev–Trinajstić information content (AvgIpc) is 2.74. The summed E-state index contributed by atoms with van der Waals surface area (Å²) in [6.07, 6.45) is 9.21. The van der Waals surface area contributed by atoms with Gasteiger partial charge in [0.1, 0.15) is 0 Å². The van der Waals surface area contributed by atoms with Crippen molar-refractivity contribution in [1.29, 1.82) is 0 Å². The Kier molecular flexibility index (Phi) is 3.28. The van der Waals surface area contributed by atoms with Gasteiger partial charge in [-0.2, -0.15) is 0 Å². The summed E-state index contributed by atoms with van der Waals surface area (Å²) >= 11 is 0. The summed E-state index contributed by atoms with van der Waals surface area (Å²) in [7, 11) is 0. The van der Waals surface area contributed by atoms with Gasteiger partial charge >= 0.3 is 0 Å². The van der Waals surface area contributed by atoms with Crippen molar-refractivity contribution in [1.82, 2.24) is 0 Å². The maximum atomic E-state index is 10.8. The van der Waals surface area contributed by atoms with Crippen LogP contribution in [0.1, 0.15) is 72.6 Å². The van der Waals surface area contributed by atoms with E-state index in [9.17, 15) is 5.11 Å². The normalized spacial score (nSPS) is 52.6. The number of aliphatic hydroxyl groups excluding tert-OH is 1. The lowest BCUT2D eigenvalue weighted by molar-refractivity contribution is -0.140. The molecule has 1 nitrogen and oxygen atoms in total. The third-order valence-corrected chi connectivity index (χ3v) is 7.58. The summed E-state index contributed by atoms with van der Waals surface area (Å²) in [5.74, 6) is 2.88. The van der Waals surface area contributed by atoms with Crippen molar-refractivity contribution in [2.45, 2.75) is 78.7 Å². The molecule has 0 spiro atoms. The van der Waals surface area contributed by atoms with Crippen LogP contribution in [-0.4, -0.2) is 11.2 Å². The lowest BCUT2D eigenvalue weighted by Gasteiger charge is -2.59. The second kappa shape index (κ2) is 4.48. The van der Waals surface area contributed by atoms with Gasteiger partial charge in [-0.15, -0.1) is 0 Å². The molecule has 0 heterocycles. The van der Waals surface area contributed by atoms with E-state index < -0.39 is 0 Å². The van der Waals surface area contributed by atoms with Crippen molar-refractivity contribution >= 4 is 0 Å². The third-order valence-electron chi connectivity index (χ3n) is 7.58. The van der Waals surface area contributed by atoms with Crippen LogP contribution in [0.25, 0.3) is 0 Å².